The first kappa shape index (κ1) is 13.8. The van der Waals surface area contributed by atoms with Gasteiger partial charge in [-0.15, -0.1) is 0 Å². The number of hydrogen-bond acceptors (Lipinski definition) is 4. The molecular weight excluding hydrogens is 250 g/mol. The van der Waals surface area contributed by atoms with Crippen molar-refractivity contribution in [3.8, 4) is 0 Å². The van der Waals surface area contributed by atoms with Crippen LogP contribution in [-0.2, 0) is 0 Å². The summed E-state index contributed by atoms with van der Waals surface area (Å²) in [6, 6.07) is 11.4. The Hall–Kier alpha value is -2.62. The van der Waals surface area contributed by atoms with Gasteiger partial charge in [-0.05, 0) is 36.4 Å². The summed E-state index contributed by atoms with van der Waals surface area (Å²) in [6.45, 7) is 0. The molecule has 0 bridgehead atoms. The third-order valence-corrected chi connectivity index (χ3v) is 2.81. The highest BCUT2D eigenvalue weighted by Crippen LogP contribution is 2.15. The first-order valence-electron chi connectivity index (χ1n) is 6.31. The van der Waals surface area contributed by atoms with Gasteiger partial charge in [0.25, 0.3) is 0 Å². The third-order valence-electron chi connectivity index (χ3n) is 2.81. The van der Waals surface area contributed by atoms with Crippen LogP contribution in [0.5, 0.6) is 0 Å². The van der Waals surface area contributed by atoms with Crippen LogP contribution in [0.3, 0.4) is 0 Å². The second-order valence-corrected chi connectivity index (χ2v) is 4.52. The number of carbonyl (C=O) groups is 1. The van der Waals surface area contributed by atoms with E-state index >= 15 is 0 Å². The lowest BCUT2D eigenvalue weighted by Crippen LogP contribution is -2.08. The Morgan fingerprint density at radius 1 is 1.20 bits per heavy atom. The van der Waals surface area contributed by atoms with Crippen molar-refractivity contribution in [2.75, 3.05) is 24.3 Å². The molecule has 0 spiro atoms. The zero-order chi connectivity index (χ0) is 14.4. The summed E-state index contributed by atoms with van der Waals surface area (Å²) in [7, 11) is 3.99. The first-order chi connectivity index (χ1) is 9.66. The molecule has 0 aliphatic carbocycles. The highest BCUT2D eigenvalue weighted by atomic mass is 16.1. The number of ketones is 1. The molecule has 0 radical (unpaired) electrons. The highest BCUT2D eigenvalue weighted by Gasteiger charge is 1.99. The molecule has 0 amide bonds. The molecule has 4 heteroatoms. The molecule has 20 heavy (non-hydrogen) atoms. The fourth-order valence-corrected chi connectivity index (χ4v) is 1.67. The van der Waals surface area contributed by atoms with Crippen LogP contribution in [0.4, 0.5) is 11.4 Å². The van der Waals surface area contributed by atoms with Crippen LogP contribution >= 0.6 is 0 Å². The Morgan fingerprint density at radius 3 is 2.55 bits per heavy atom. The van der Waals surface area contributed by atoms with E-state index in [9.17, 15) is 4.79 Å². The van der Waals surface area contributed by atoms with Gasteiger partial charge in [0, 0.05) is 55.7 Å². The molecule has 0 atom stereocenters. The maximum Gasteiger partial charge on any atom is 0.188 e. The van der Waals surface area contributed by atoms with Crippen LogP contribution in [-0.4, -0.2) is 24.9 Å². The van der Waals surface area contributed by atoms with Crippen LogP contribution in [0.15, 0.2) is 61.1 Å². The van der Waals surface area contributed by atoms with E-state index in [-0.39, 0.29) is 5.78 Å². The smallest absolute Gasteiger partial charge is 0.188 e. The number of nitrogens with zero attached hydrogens (tertiary/aromatic N) is 2. The summed E-state index contributed by atoms with van der Waals surface area (Å²) in [5.74, 6) is -0.0736. The SMILES string of the molecule is CN(C)c1ccc(N/C=C\C(=O)c2cccnc2)cc1. The molecule has 4 nitrogen and oxygen atoms in total. The standard InChI is InChI=1S/C16H17N3O/c1-19(2)15-7-5-14(6-8-15)18-11-9-16(20)13-4-3-10-17-12-13/h3-12,18H,1-2H3/b11-9-. The molecule has 2 aromatic rings. The fourth-order valence-electron chi connectivity index (χ4n) is 1.67. The Balaban J connectivity index is 1.95. The van der Waals surface area contributed by atoms with Crippen LogP contribution in [0.25, 0.3) is 0 Å². The fraction of sp³-hybridized carbons (Fsp3) is 0.125. The normalized spacial score (nSPS) is 10.5. The van der Waals surface area contributed by atoms with Crippen LogP contribution in [0.1, 0.15) is 10.4 Å². The lowest BCUT2D eigenvalue weighted by molar-refractivity contribution is 0.104. The summed E-state index contributed by atoms with van der Waals surface area (Å²) in [6.07, 6.45) is 6.33. The predicted octanol–water partition coefficient (Wildman–Crippen LogP) is 2.96. The van der Waals surface area contributed by atoms with Crippen molar-refractivity contribution in [2.24, 2.45) is 0 Å². The summed E-state index contributed by atoms with van der Waals surface area (Å²) in [5, 5.41) is 3.07. The van der Waals surface area contributed by atoms with Gasteiger partial charge < -0.3 is 10.2 Å². The molecule has 0 saturated heterocycles. The number of benzene rings is 1. The van der Waals surface area contributed by atoms with Gasteiger partial charge in [-0.2, -0.15) is 0 Å². The number of anilines is 2. The number of aromatic nitrogens is 1. The average Bonchev–Trinajstić information content (AvgIpc) is 2.48. The first-order valence-corrected chi connectivity index (χ1v) is 6.31. The van der Waals surface area contributed by atoms with Gasteiger partial charge in [0.2, 0.25) is 0 Å². The number of hydrogen-bond donors (Lipinski definition) is 1. The van der Waals surface area contributed by atoms with Crippen LogP contribution < -0.4 is 10.2 Å². The van der Waals surface area contributed by atoms with Gasteiger partial charge in [-0.25, -0.2) is 0 Å². The molecule has 102 valence electrons. The van der Waals surface area contributed by atoms with Gasteiger partial charge in [-0.3, -0.25) is 9.78 Å². The average molecular weight is 267 g/mol. The van der Waals surface area contributed by atoms with Gasteiger partial charge in [0.15, 0.2) is 5.78 Å². The molecule has 0 aliphatic rings. The highest BCUT2D eigenvalue weighted by molar-refractivity contribution is 6.04. The molecule has 1 aromatic carbocycles. The molecular formula is C16H17N3O. The van der Waals surface area contributed by atoms with Crippen LogP contribution in [0.2, 0.25) is 0 Å². The lowest BCUT2D eigenvalue weighted by Gasteiger charge is -2.12. The number of nitrogens with one attached hydrogen (secondary N) is 1. The summed E-state index contributed by atoms with van der Waals surface area (Å²) in [4.78, 5) is 17.8. The lowest BCUT2D eigenvalue weighted by atomic mass is 10.2. The van der Waals surface area contributed by atoms with Gasteiger partial charge in [0.05, 0.1) is 0 Å². The number of rotatable bonds is 5. The van der Waals surface area contributed by atoms with E-state index < -0.39 is 0 Å². The molecule has 2 rings (SSSR count). The molecule has 1 aromatic heterocycles. The molecule has 1 N–H and O–H groups in total. The molecule has 0 saturated carbocycles. The van der Waals surface area contributed by atoms with E-state index in [1.807, 2.05) is 43.3 Å². The van der Waals surface area contributed by atoms with Gasteiger partial charge in [-0.1, -0.05) is 0 Å². The van der Waals surface area contributed by atoms with E-state index in [0.29, 0.717) is 5.56 Å². The Labute approximate surface area is 118 Å². The summed E-state index contributed by atoms with van der Waals surface area (Å²) < 4.78 is 0. The van der Waals surface area contributed by atoms with Crippen molar-refractivity contribution in [3.63, 3.8) is 0 Å². The Bertz CT molecular complexity index is 589. The number of pyridine rings is 1. The number of carbonyl (C=O) groups excluding carboxylic acids is 1. The Morgan fingerprint density at radius 2 is 1.95 bits per heavy atom. The zero-order valence-corrected chi connectivity index (χ0v) is 11.6. The molecule has 0 unspecified atom stereocenters. The minimum absolute atomic E-state index is 0.0736. The second kappa shape index (κ2) is 6.52. The summed E-state index contributed by atoms with van der Waals surface area (Å²) >= 11 is 0. The van der Waals surface area contributed by atoms with Crippen molar-refractivity contribution in [2.45, 2.75) is 0 Å². The maximum absolute atomic E-state index is 11.8. The molecule has 0 aliphatic heterocycles. The van der Waals surface area contributed by atoms with Gasteiger partial charge in [0.1, 0.15) is 0 Å². The van der Waals surface area contributed by atoms with Gasteiger partial charge >= 0.3 is 0 Å². The third kappa shape index (κ3) is 3.68. The van der Waals surface area contributed by atoms with E-state index in [2.05, 4.69) is 10.3 Å². The molecule has 0 fully saturated rings. The van der Waals surface area contributed by atoms with Crippen molar-refractivity contribution < 1.29 is 4.79 Å². The number of allylic oxidation sites excluding steroid dienone is 1. The van der Waals surface area contributed by atoms with Crippen molar-refractivity contribution >= 4 is 17.2 Å². The van der Waals surface area contributed by atoms with E-state index in [1.165, 1.54) is 6.08 Å². The van der Waals surface area contributed by atoms with E-state index in [1.54, 1.807) is 30.7 Å². The quantitative estimate of drug-likeness (QED) is 0.668. The van der Waals surface area contributed by atoms with Crippen LogP contribution in [0, 0.1) is 0 Å². The van der Waals surface area contributed by atoms with E-state index in [4.69, 9.17) is 0 Å². The second-order valence-electron chi connectivity index (χ2n) is 4.52. The van der Waals surface area contributed by atoms with Crippen molar-refractivity contribution in [1.82, 2.24) is 4.98 Å². The van der Waals surface area contributed by atoms with E-state index in [0.717, 1.165) is 11.4 Å². The zero-order valence-electron chi connectivity index (χ0n) is 11.6. The maximum atomic E-state index is 11.8. The minimum atomic E-state index is -0.0736. The minimum Gasteiger partial charge on any atom is -0.378 e. The van der Waals surface area contributed by atoms with Crippen molar-refractivity contribution in [3.05, 3.63) is 66.6 Å². The Kier molecular flexibility index (Phi) is 4.50. The molecule has 1 heterocycles. The monoisotopic (exact) mass is 267 g/mol. The predicted molar refractivity (Wildman–Crippen MR) is 82.1 cm³/mol. The van der Waals surface area contributed by atoms with Crippen molar-refractivity contribution in [1.29, 1.82) is 0 Å². The largest absolute Gasteiger partial charge is 0.378 e. The topological polar surface area (TPSA) is 45.2 Å². The summed E-state index contributed by atoms with van der Waals surface area (Å²) in [5.41, 5.74) is 2.64.